The van der Waals surface area contributed by atoms with Gasteiger partial charge in [-0.3, -0.25) is 0 Å². The fraction of sp³-hybridized carbons (Fsp3) is 0.769. The molecule has 0 aliphatic carbocycles. The number of hydrogen-bond donors (Lipinski definition) is 0. The van der Waals surface area contributed by atoms with Crippen LogP contribution < -0.4 is 0 Å². The summed E-state index contributed by atoms with van der Waals surface area (Å²) in [6.07, 6.45) is 25.2. The van der Waals surface area contributed by atoms with Crippen LogP contribution in [0, 0.1) is 0 Å². The van der Waals surface area contributed by atoms with E-state index in [4.69, 9.17) is 0 Å². The summed E-state index contributed by atoms with van der Waals surface area (Å²) in [5, 5.41) is 0. The first kappa shape index (κ1) is 23.3. The van der Waals surface area contributed by atoms with Crippen molar-refractivity contribution >= 4 is 0 Å². The predicted octanol–water partition coefficient (Wildman–Crippen LogP) is 9.05. The molecule has 0 unspecified atom stereocenters. The Bertz CT molecular complexity index is 389. The van der Waals surface area contributed by atoms with Crippen LogP contribution in [0.5, 0.6) is 0 Å². The maximum absolute atomic E-state index is 2.37. The maximum Gasteiger partial charge on any atom is -0.0279 e. The molecule has 0 aromatic heterocycles. The molecule has 0 radical (unpaired) electrons. The Hall–Kier alpha value is -0.780. The minimum atomic E-state index is 1.26. The van der Waals surface area contributed by atoms with Crippen molar-refractivity contribution in [3.8, 4) is 0 Å². The van der Waals surface area contributed by atoms with E-state index in [-0.39, 0.29) is 0 Å². The highest BCUT2D eigenvalue weighted by molar-refractivity contribution is 5.22. The normalized spacial score (nSPS) is 11.2. The number of unbranched alkanes of at least 4 members (excludes halogenated alkanes) is 14. The standard InChI is InChI=1S/C26H46/c1-3-5-7-9-10-11-12-13-14-15-16-18-20-26-23-21-25(22-24-26)19-17-8-6-4-2/h21-24H,3-20H2,1-2H3. The second kappa shape index (κ2) is 17.6. The summed E-state index contributed by atoms with van der Waals surface area (Å²) in [5.74, 6) is 0. The zero-order valence-electron chi connectivity index (χ0n) is 18.0. The molecule has 0 spiro atoms. The van der Waals surface area contributed by atoms with Crippen LogP contribution in [0.2, 0.25) is 0 Å². The van der Waals surface area contributed by atoms with Crippen molar-refractivity contribution in [1.29, 1.82) is 0 Å². The molecule has 1 aromatic carbocycles. The molecule has 0 amide bonds. The second-order valence-corrected chi connectivity index (χ2v) is 8.27. The molecule has 0 heteroatoms. The number of benzene rings is 1. The lowest BCUT2D eigenvalue weighted by Crippen LogP contribution is -1.90. The molecular formula is C26H46. The zero-order chi connectivity index (χ0) is 18.7. The summed E-state index contributed by atoms with van der Waals surface area (Å²) in [6.45, 7) is 4.58. The van der Waals surface area contributed by atoms with E-state index in [1.807, 2.05) is 0 Å². The molecule has 0 heterocycles. The van der Waals surface area contributed by atoms with E-state index >= 15 is 0 Å². The highest BCUT2D eigenvalue weighted by Crippen LogP contribution is 2.14. The molecule has 1 aromatic rings. The van der Waals surface area contributed by atoms with E-state index < -0.39 is 0 Å². The van der Waals surface area contributed by atoms with Crippen LogP contribution in [0.1, 0.15) is 128 Å². The van der Waals surface area contributed by atoms with Gasteiger partial charge in [0.2, 0.25) is 0 Å². The van der Waals surface area contributed by atoms with Gasteiger partial charge >= 0.3 is 0 Å². The third-order valence-electron chi connectivity index (χ3n) is 5.66. The average molecular weight is 359 g/mol. The van der Waals surface area contributed by atoms with Gasteiger partial charge in [0.25, 0.3) is 0 Å². The van der Waals surface area contributed by atoms with Crippen LogP contribution in [0.3, 0.4) is 0 Å². The van der Waals surface area contributed by atoms with Crippen LogP contribution in [0.25, 0.3) is 0 Å². The first-order valence-electron chi connectivity index (χ1n) is 11.9. The summed E-state index contributed by atoms with van der Waals surface area (Å²) in [6, 6.07) is 9.46. The molecule has 0 saturated carbocycles. The summed E-state index contributed by atoms with van der Waals surface area (Å²) in [5.41, 5.74) is 3.06. The Morgan fingerprint density at radius 1 is 0.385 bits per heavy atom. The Morgan fingerprint density at radius 2 is 0.654 bits per heavy atom. The van der Waals surface area contributed by atoms with Crippen molar-refractivity contribution in [1.82, 2.24) is 0 Å². The second-order valence-electron chi connectivity index (χ2n) is 8.27. The van der Waals surface area contributed by atoms with Gasteiger partial charge in [0, 0.05) is 0 Å². The lowest BCUT2D eigenvalue weighted by Gasteiger charge is -2.05. The molecule has 26 heavy (non-hydrogen) atoms. The van der Waals surface area contributed by atoms with Gasteiger partial charge in [-0.2, -0.15) is 0 Å². The molecule has 0 nitrogen and oxygen atoms in total. The van der Waals surface area contributed by atoms with E-state index in [9.17, 15) is 0 Å². The van der Waals surface area contributed by atoms with E-state index in [2.05, 4.69) is 38.1 Å². The molecule has 150 valence electrons. The largest absolute Gasteiger partial charge is 0.0654 e. The lowest BCUT2D eigenvalue weighted by molar-refractivity contribution is 0.544. The zero-order valence-corrected chi connectivity index (χ0v) is 18.0. The molecule has 0 saturated heterocycles. The van der Waals surface area contributed by atoms with Crippen molar-refractivity contribution in [2.45, 2.75) is 129 Å². The minimum Gasteiger partial charge on any atom is -0.0654 e. The Balaban J connectivity index is 1.91. The molecule has 0 N–H and O–H groups in total. The van der Waals surface area contributed by atoms with Gasteiger partial charge in [-0.05, 0) is 36.8 Å². The van der Waals surface area contributed by atoms with Gasteiger partial charge in [-0.25, -0.2) is 0 Å². The summed E-state index contributed by atoms with van der Waals surface area (Å²) < 4.78 is 0. The molecular weight excluding hydrogens is 312 g/mol. The fourth-order valence-corrected chi connectivity index (χ4v) is 3.80. The number of rotatable bonds is 18. The number of aryl methyl sites for hydroxylation is 2. The van der Waals surface area contributed by atoms with E-state index in [0.717, 1.165) is 0 Å². The molecule has 1 rings (SSSR count). The van der Waals surface area contributed by atoms with Gasteiger partial charge in [0.1, 0.15) is 0 Å². The predicted molar refractivity (Wildman–Crippen MR) is 119 cm³/mol. The van der Waals surface area contributed by atoms with Crippen molar-refractivity contribution < 1.29 is 0 Å². The summed E-state index contributed by atoms with van der Waals surface area (Å²) >= 11 is 0. The molecule has 0 bridgehead atoms. The third-order valence-corrected chi connectivity index (χ3v) is 5.66. The first-order chi connectivity index (χ1) is 12.9. The highest BCUT2D eigenvalue weighted by atomic mass is 14.0. The highest BCUT2D eigenvalue weighted by Gasteiger charge is 1.97. The minimum absolute atomic E-state index is 1.26. The first-order valence-corrected chi connectivity index (χ1v) is 11.9. The van der Waals surface area contributed by atoms with Crippen LogP contribution >= 0.6 is 0 Å². The molecule has 0 fully saturated rings. The SMILES string of the molecule is CCCCCCCCCCCCCCc1ccc(CCCCCC)cc1. The maximum atomic E-state index is 2.37. The topological polar surface area (TPSA) is 0 Å². The van der Waals surface area contributed by atoms with Gasteiger partial charge in [0.15, 0.2) is 0 Å². The molecule has 0 aliphatic rings. The van der Waals surface area contributed by atoms with Crippen molar-refractivity contribution in [2.75, 3.05) is 0 Å². The summed E-state index contributed by atoms with van der Waals surface area (Å²) in [7, 11) is 0. The monoisotopic (exact) mass is 358 g/mol. The number of hydrogen-bond acceptors (Lipinski definition) is 0. The van der Waals surface area contributed by atoms with Gasteiger partial charge in [-0.1, -0.05) is 128 Å². The third kappa shape index (κ3) is 13.4. The van der Waals surface area contributed by atoms with Gasteiger partial charge < -0.3 is 0 Å². The fourth-order valence-electron chi connectivity index (χ4n) is 3.80. The van der Waals surface area contributed by atoms with E-state index in [1.54, 1.807) is 0 Å². The van der Waals surface area contributed by atoms with Crippen LogP contribution in [0.4, 0.5) is 0 Å². The van der Waals surface area contributed by atoms with Gasteiger partial charge in [-0.15, -0.1) is 0 Å². The Morgan fingerprint density at radius 3 is 1.00 bits per heavy atom. The summed E-state index contributed by atoms with van der Waals surface area (Å²) in [4.78, 5) is 0. The van der Waals surface area contributed by atoms with Crippen LogP contribution in [-0.2, 0) is 12.8 Å². The Kier molecular flexibility index (Phi) is 15.8. The lowest BCUT2D eigenvalue weighted by atomic mass is 10.0. The van der Waals surface area contributed by atoms with Crippen molar-refractivity contribution in [2.24, 2.45) is 0 Å². The quantitative estimate of drug-likeness (QED) is 0.229. The Labute approximate surface area is 165 Å². The average Bonchev–Trinajstić information content (AvgIpc) is 2.67. The smallest absolute Gasteiger partial charge is 0.0279 e. The van der Waals surface area contributed by atoms with Crippen LogP contribution in [-0.4, -0.2) is 0 Å². The van der Waals surface area contributed by atoms with Gasteiger partial charge in [0.05, 0.1) is 0 Å². The van der Waals surface area contributed by atoms with Crippen molar-refractivity contribution in [3.63, 3.8) is 0 Å². The van der Waals surface area contributed by atoms with E-state index in [1.165, 1.54) is 127 Å². The van der Waals surface area contributed by atoms with Crippen molar-refractivity contribution in [3.05, 3.63) is 35.4 Å². The molecule has 0 aliphatic heterocycles. The molecule has 0 atom stereocenters. The van der Waals surface area contributed by atoms with E-state index in [0.29, 0.717) is 0 Å². The van der Waals surface area contributed by atoms with Crippen LogP contribution in [0.15, 0.2) is 24.3 Å².